The Labute approximate surface area is 444 Å². The van der Waals surface area contributed by atoms with Gasteiger partial charge in [0.15, 0.2) is 11.6 Å². The summed E-state index contributed by atoms with van der Waals surface area (Å²) in [5.74, 6) is -11.6. The molecule has 21 nitrogen and oxygen atoms in total. The molecule has 5 rings (SSSR count). The highest BCUT2D eigenvalue weighted by Crippen LogP contribution is 2.47. The van der Waals surface area contributed by atoms with Crippen molar-refractivity contribution in [2.75, 3.05) is 110 Å². The number of esters is 1. The van der Waals surface area contributed by atoms with Gasteiger partial charge in [-0.1, -0.05) is 18.2 Å². The third-order valence-corrected chi connectivity index (χ3v) is 16.7. The number of sulfonamides is 2. The largest absolute Gasteiger partial charge is 0.748 e. The van der Waals surface area contributed by atoms with Gasteiger partial charge in [-0.05, 0) is 59.6 Å². The van der Waals surface area contributed by atoms with E-state index in [4.69, 9.17) is 28.4 Å². The second-order valence-electron chi connectivity index (χ2n) is 18.6. The minimum atomic E-state index is -4.87. The molecule has 1 atom stereocenters. The average Bonchev–Trinajstić information content (AvgIpc) is 3.35. The summed E-state index contributed by atoms with van der Waals surface area (Å²) in [4.78, 5) is 10.7. The SMILES string of the molecule is Cc1c(F)c(F)c(OC(=O)COCCOCCOCCOCCOCCCC(C)Nc2cc(OC(C)(C)C)c3ccc4c(S(=O)(=O)N(C)CCS(=O)(=O)[O-])cc(S(=O)(=O)N(C)CCS(=O)(=O)[O-])c5ccc2c3c54)c(F)c1F. The predicted octanol–water partition coefficient (Wildman–Crippen LogP) is 5.23. The van der Waals surface area contributed by atoms with Crippen LogP contribution in [0.1, 0.15) is 46.1 Å². The van der Waals surface area contributed by atoms with Crippen LogP contribution in [-0.4, -0.2) is 174 Å². The molecule has 0 aliphatic heterocycles. The Morgan fingerprint density at radius 2 is 1.04 bits per heavy atom. The van der Waals surface area contributed by atoms with E-state index in [9.17, 15) is 65.1 Å². The standard InChI is InChI=1S/C48H63F4N3O18S4/c1-30(9-8-16-67-17-18-68-19-20-69-21-22-70-23-24-71-29-40(56)72-47-45(51)43(49)31(2)44(50)46(47)52)53-36-27-37(73-48(3,4)5)33-11-13-35-39(77(65,66)55(7)15-26-75(60,61)62)28-38(34-12-10-32(36)41(33)42(34)35)76(63,64)54(6)14-25-74(57,58)59/h10-13,27-28,30,53H,8-9,14-26,29H2,1-7H3,(H,57,58,59)(H,60,61,62)/p-2. The van der Waals surface area contributed by atoms with Gasteiger partial charge in [-0.2, -0.15) is 17.4 Å². The Hall–Kier alpha value is -4.63. The summed E-state index contributed by atoms with van der Waals surface area (Å²) in [7, 11) is -17.2. The van der Waals surface area contributed by atoms with Crippen molar-refractivity contribution in [3.05, 3.63) is 65.2 Å². The van der Waals surface area contributed by atoms with E-state index in [-0.39, 0.29) is 68.4 Å². The van der Waals surface area contributed by atoms with Gasteiger partial charge < -0.3 is 47.6 Å². The Bertz CT molecular complexity index is 3230. The molecule has 5 aromatic carbocycles. The molecular formula is C48H61F4N3O18S4-2. The van der Waals surface area contributed by atoms with E-state index in [1.165, 1.54) is 12.1 Å². The van der Waals surface area contributed by atoms with Crippen LogP contribution in [0.4, 0.5) is 23.2 Å². The first-order chi connectivity index (χ1) is 35.9. The Kier molecular flexibility index (Phi) is 21.8. The lowest BCUT2D eigenvalue weighted by atomic mass is 9.92. The molecule has 0 heterocycles. The zero-order valence-corrected chi connectivity index (χ0v) is 46.5. The minimum Gasteiger partial charge on any atom is -0.748 e. The van der Waals surface area contributed by atoms with Crippen molar-refractivity contribution in [1.82, 2.24) is 8.61 Å². The van der Waals surface area contributed by atoms with Gasteiger partial charge >= 0.3 is 5.97 Å². The molecule has 1 N–H and O–H groups in total. The summed E-state index contributed by atoms with van der Waals surface area (Å²) in [6.45, 7) is 7.69. The smallest absolute Gasteiger partial charge is 0.337 e. The molecule has 29 heteroatoms. The second-order valence-corrected chi connectivity index (χ2v) is 25.7. The molecule has 5 aromatic rings. The second kappa shape index (κ2) is 26.6. The maximum Gasteiger partial charge on any atom is 0.337 e. The Morgan fingerprint density at radius 1 is 0.623 bits per heavy atom. The summed E-state index contributed by atoms with van der Waals surface area (Å²) in [6, 6.07) is 8.75. The molecule has 0 spiro atoms. The molecule has 0 aromatic heterocycles. The number of halogens is 4. The van der Waals surface area contributed by atoms with Gasteiger partial charge in [-0.3, -0.25) is 0 Å². The van der Waals surface area contributed by atoms with E-state index in [0.29, 0.717) is 62.3 Å². The van der Waals surface area contributed by atoms with Crippen LogP contribution in [0, 0.1) is 30.2 Å². The third kappa shape index (κ3) is 16.9. The highest BCUT2D eigenvalue weighted by molar-refractivity contribution is 7.90. The summed E-state index contributed by atoms with van der Waals surface area (Å²) in [6.07, 6.45) is 1.22. The number of nitrogens with one attached hydrogen (secondary N) is 1. The minimum absolute atomic E-state index is 0.0219. The van der Waals surface area contributed by atoms with Gasteiger partial charge in [0.05, 0.1) is 94.4 Å². The van der Waals surface area contributed by atoms with Crippen LogP contribution in [0.25, 0.3) is 32.3 Å². The summed E-state index contributed by atoms with van der Waals surface area (Å²) >= 11 is 0. The third-order valence-electron chi connectivity index (χ3n) is 11.6. The van der Waals surface area contributed by atoms with E-state index in [0.717, 1.165) is 27.1 Å². The molecule has 0 bridgehead atoms. The molecule has 0 aliphatic rings. The van der Waals surface area contributed by atoms with E-state index in [2.05, 4.69) is 10.1 Å². The highest BCUT2D eigenvalue weighted by Gasteiger charge is 2.33. The Balaban J connectivity index is 1.17. The van der Waals surface area contributed by atoms with Gasteiger partial charge in [-0.15, -0.1) is 0 Å². The zero-order valence-electron chi connectivity index (χ0n) is 43.2. The van der Waals surface area contributed by atoms with Crippen molar-refractivity contribution in [3.8, 4) is 11.5 Å². The summed E-state index contributed by atoms with van der Waals surface area (Å²) in [5.41, 5.74) is -1.10. The van der Waals surface area contributed by atoms with Gasteiger partial charge in [0.25, 0.3) is 0 Å². The van der Waals surface area contributed by atoms with Crippen LogP contribution in [-0.2, 0) is 68.8 Å². The van der Waals surface area contributed by atoms with E-state index >= 15 is 0 Å². The lowest BCUT2D eigenvalue weighted by Gasteiger charge is -2.27. The normalized spacial score (nSPS) is 13.4. The molecule has 0 saturated heterocycles. The van der Waals surface area contributed by atoms with Crippen molar-refractivity contribution in [2.24, 2.45) is 0 Å². The first kappa shape index (κ1) is 63.2. The fourth-order valence-electron chi connectivity index (χ4n) is 7.73. The van der Waals surface area contributed by atoms with Gasteiger partial charge in [0.2, 0.25) is 37.4 Å². The lowest BCUT2D eigenvalue weighted by molar-refractivity contribution is -0.140. The van der Waals surface area contributed by atoms with Crippen molar-refractivity contribution >= 4 is 84.3 Å². The van der Waals surface area contributed by atoms with Crippen LogP contribution < -0.4 is 14.8 Å². The molecule has 77 heavy (non-hydrogen) atoms. The first-order valence-corrected chi connectivity index (χ1v) is 29.8. The topological polar surface area (TPSA) is 283 Å². The van der Waals surface area contributed by atoms with Crippen molar-refractivity contribution < 1.29 is 98.3 Å². The van der Waals surface area contributed by atoms with E-state index < -0.39 is 127 Å². The molecule has 0 amide bonds. The van der Waals surface area contributed by atoms with Crippen molar-refractivity contribution in [3.63, 3.8) is 0 Å². The van der Waals surface area contributed by atoms with Crippen LogP contribution in [0.5, 0.6) is 11.5 Å². The van der Waals surface area contributed by atoms with Gasteiger partial charge in [0, 0.05) is 89.5 Å². The number of nitrogens with zero attached hydrogens (tertiary/aromatic N) is 2. The molecule has 0 fully saturated rings. The van der Waals surface area contributed by atoms with E-state index in [1.807, 2.05) is 27.7 Å². The predicted molar refractivity (Wildman–Crippen MR) is 272 cm³/mol. The molecule has 0 saturated carbocycles. The molecular weight excluding hydrogens is 1110 g/mol. The van der Waals surface area contributed by atoms with Gasteiger partial charge in [-0.25, -0.2) is 47.2 Å². The number of benzene rings is 5. The van der Waals surface area contributed by atoms with E-state index in [1.54, 1.807) is 18.2 Å². The van der Waals surface area contributed by atoms with Crippen LogP contribution in [0.3, 0.4) is 0 Å². The number of carbonyl (C=O) groups excluding carboxylic acids is 1. The fraction of sp³-hybridized carbons (Fsp3) is 0.521. The number of ether oxygens (including phenoxy) is 7. The fourth-order valence-corrected chi connectivity index (χ4v) is 11.8. The average molecular weight is 1170 g/mol. The van der Waals surface area contributed by atoms with Crippen LogP contribution in [0.2, 0.25) is 0 Å². The Morgan fingerprint density at radius 3 is 1.49 bits per heavy atom. The maximum absolute atomic E-state index is 14.3. The first-order valence-electron chi connectivity index (χ1n) is 23.8. The number of rotatable bonds is 32. The van der Waals surface area contributed by atoms with Crippen molar-refractivity contribution in [2.45, 2.75) is 68.9 Å². The monoisotopic (exact) mass is 1170 g/mol. The molecule has 0 radical (unpaired) electrons. The van der Waals surface area contributed by atoms with Crippen molar-refractivity contribution in [1.29, 1.82) is 0 Å². The summed E-state index contributed by atoms with van der Waals surface area (Å²) < 4.78 is 221. The number of hydrogen-bond acceptors (Lipinski definition) is 19. The quantitative estimate of drug-likeness (QED) is 0.0110. The van der Waals surface area contributed by atoms with Crippen LogP contribution >= 0.6 is 0 Å². The molecule has 430 valence electrons. The number of hydrogen-bond donors (Lipinski definition) is 1. The zero-order chi connectivity index (χ0) is 57.3. The molecule has 0 aliphatic carbocycles. The highest BCUT2D eigenvalue weighted by atomic mass is 32.2. The van der Waals surface area contributed by atoms with Crippen LogP contribution in [0.15, 0.2) is 46.2 Å². The maximum atomic E-state index is 14.3. The number of carbonyl (C=O) groups is 1. The number of anilines is 1. The molecule has 1 unspecified atom stereocenters. The lowest BCUT2D eigenvalue weighted by Crippen LogP contribution is -2.33. The van der Waals surface area contributed by atoms with Gasteiger partial charge in [0.1, 0.15) is 18.0 Å². The summed E-state index contributed by atoms with van der Waals surface area (Å²) in [5, 5.41) is 5.22.